The van der Waals surface area contributed by atoms with E-state index >= 15 is 0 Å². The van der Waals surface area contributed by atoms with Gasteiger partial charge in [0, 0.05) is 35.8 Å². The van der Waals surface area contributed by atoms with Crippen LogP contribution < -0.4 is 5.32 Å². The van der Waals surface area contributed by atoms with Crippen LogP contribution in [-0.4, -0.2) is 34.2 Å². The first-order chi connectivity index (χ1) is 17.6. The zero-order valence-corrected chi connectivity index (χ0v) is 21.9. The average Bonchev–Trinajstić information content (AvgIpc) is 2.88. The smallest absolute Gasteiger partial charge is 0.269 e. The number of benzene rings is 2. The van der Waals surface area contributed by atoms with Crippen molar-refractivity contribution in [2.75, 3.05) is 11.9 Å². The van der Waals surface area contributed by atoms with Crippen LogP contribution in [0.4, 0.5) is 11.4 Å². The number of likely N-dealkylation sites (tertiary alicyclic amines) is 1. The highest BCUT2D eigenvalue weighted by atomic mass is 16.6. The second-order valence-corrected chi connectivity index (χ2v) is 11.0. The van der Waals surface area contributed by atoms with Crippen molar-refractivity contribution < 1.29 is 14.5 Å². The molecule has 2 aliphatic rings. The molecule has 3 atom stereocenters. The van der Waals surface area contributed by atoms with Crippen molar-refractivity contribution in [3.05, 3.63) is 93.6 Å². The minimum Gasteiger partial charge on any atom is -0.334 e. The summed E-state index contributed by atoms with van der Waals surface area (Å²) in [7, 11) is 0. The maximum Gasteiger partial charge on any atom is 0.269 e. The van der Waals surface area contributed by atoms with Gasteiger partial charge in [-0.2, -0.15) is 0 Å². The Labute approximate surface area is 218 Å². The normalized spacial score (nSPS) is 21.5. The van der Waals surface area contributed by atoms with Gasteiger partial charge in [-0.25, -0.2) is 0 Å². The number of carbonyl (C=O) groups is 2. The number of nitro benzene ring substituents is 1. The number of allylic oxidation sites excluding steroid dienone is 3. The lowest BCUT2D eigenvalue weighted by molar-refractivity contribution is -0.384. The summed E-state index contributed by atoms with van der Waals surface area (Å²) in [6.07, 6.45) is 10.3. The number of nitrogens with one attached hydrogen (secondary N) is 1. The van der Waals surface area contributed by atoms with Gasteiger partial charge in [-0.15, -0.1) is 0 Å². The van der Waals surface area contributed by atoms with Crippen molar-refractivity contribution in [1.29, 1.82) is 0 Å². The highest BCUT2D eigenvalue weighted by Gasteiger charge is 2.42. The van der Waals surface area contributed by atoms with Crippen LogP contribution in [-0.2, 0) is 10.2 Å². The van der Waals surface area contributed by atoms with Crippen LogP contribution in [0, 0.1) is 28.9 Å². The zero-order chi connectivity index (χ0) is 26.7. The van der Waals surface area contributed by atoms with Gasteiger partial charge in [0.1, 0.15) is 0 Å². The van der Waals surface area contributed by atoms with Crippen molar-refractivity contribution in [2.24, 2.45) is 11.8 Å². The first-order valence-corrected chi connectivity index (χ1v) is 12.9. The van der Waals surface area contributed by atoms with Crippen molar-refractivity contribution in [3.63, 3.8) is 0 Å². The molecule has 7 nitrogen and oxygen atoms in total. The minimum absolute atomic E-state index is 0.00395. The monoisotopic (exact) mass is 501 g/mol. The third kappa shape index (κ3) is 5.82. The Morgan fingerprint density at radius 1 is 1.11 bits per heavy atom. The van der Waals surface area contributed by atoms with Gasteiger partial charge in [-0.05, 0) is 60.9 Å². The van der Waals surface area contributed by atoms with E-state index in [2.05, 4.69) is 44.3 Å². The summed E-state index contributed by atoms with van der Waals surface area (Å²) in [5.41, 5.74) is 2.80. The maximum atomic E-state index is 13.8. The number of carbonyl (C=O) groups excluding carboxylic acids is 2. The van der Waals surface area contributed by atoms with Gasteiger partial charge in [0.25, 0.3) is 11.6 Å². The second-order valence-electron chi connectivity index (χ2n) is 11.0. The highest BCUT2D eigenvalue weighted by Crippen LogP contribution is 2.35. The summed E-state index contributed by atoms with van der Waals surface area (Å²) >= 11 is 0. The number of nitrogens with zero attached hydrogens (tertiary/aromatic N) is 2. The van der Waals surface area contributed by atoms with Crippen LogP contribution in [0.2, 0.25) is 0 Å². The predicted molar refractivity (Wildman–Crippen MR) is 146 cm³/mol. The number of aryl methyl sites for hydroxylation is 1. The summed E-state index contributed by atoms with van der Waals surface area (Å²) in [5.74, 6) is -0.649. The highest BCUT2D eigenvalue weighted by molar-refractivity contribution is 5.98. The summed E-state index contributed by atoms with van der Waals surface area (Å²) in [4.78, 5) is 40.1. The molecule has 0 saturated carbocycles. The topological polar surface area (TPSA) is 92.6 Å². The van der Waals surface area contributed by atoms with Crippen LogP contribution in [0.1, 0.15) is 61.5 Å². The third-order valence-electron chi connectivity index (χ3n) is 7.38. The Hall–Kier alpha value is -3.74. The van der Waals surface area contributed by atoms with E-state index < -0.39 is 4.92 Å². The fourth-order valence-electron chi connectivity index (χ4n) is 5.38. The maximum absolute atomic E-state index is 13.8. The molecular formula is C30H35N3O4. The molecule has 0 radical (unpaired) electrons. The quantitative estimate of drug-likeness (QED) is 0.390. The molecule has 0 spiro atoms. The summed E-state index contributed by atoms with van der Waals surface area (Å²) in [6, 6.07) is 11.9. The van der Waals surface area contributed by atoms with E-state index in [-0.39, 0.29) is 40.8 Å². The molecule has 2 amide bonds. The van der Waals surface area contributed by atoms with Crippen molar-refractivity contribution in [3.8, 4) is 0 Å². The number of amides is 2. The van der Waals surface area contributed by atoms with Gasteiger partial charge < -0.3 is 10.2 Å². The molecule has 7 heteroatoms. The predicted octanol–water partition coefficient (Wildman–Crippen LogP) is 6.19. The molecule has 2 aromatic carbocycles. The Morgan fingerprint density at radius 2 is 1.89 bits per heavy atom. The first-order valence-electron chi connectivity index (χ1n) is 12.9. The van der Waals surface area contributed by atoms with Crippen molar-refractivity contribution >= 4 is 23.2 Å². The largest absolute Gasteiger partial charge is 0.334 e. The number of non-ortho nitro benzene ring substituents is 1. The molecule has 1 aliphatic heterocycles. The molecule has 4 rings (SSSR count). The molecule has 1 fully saturated rings. The number of anilines is 1. The molecule has 2 aromatic rings. The molecule has 37 heavy (non-hydrogen) atoms. The Kier molecular flexibility index (Phi) is 7.62. The average molecular weight is 502 g/mol. The number of rotatable bonds is 5. The van der Waals surface area contributed by atoms with E-state index in [1.54, 1.807) is 6.92 Å². The molecule has 0 aromatic heterocycles. The summed E-state index contributed by atoms with van der Waals surface area (Å²) < 4.78 is 0. The van der Waals surface area contributed by atoms with E-state index in [4.69, 9.17) is 0 Å². The molecule has 1 unspecified atom stereocenters. The second kappa shape index (κ2) is 10.7. The molecule has 0 bridgehead atoms. The standard InChI is InChI=1S/C30H35N3O4/c1-20-18-24(33(36)37)15-16-25(20)29(35)32-17-9-14-26(27(32)21-10-6-5-7-11-21)28(34)31-23-13-8-12-22(19-23)30(2,3)4/h5-8,10,12-13,15-16,18-19,21,26-27H,9,11,14,17H2,1-4H3,(H,31,34)/t21?,26-,27-/m0/s1. The third-order valence-corrected chi connectivity index (χ3v) is 7.38. The van der Waals surface area contributed by atoms with Crippen molar-refractivity contribution in [1.82, 2.24) is 4.90 Å². The number of piperidine rings is 1. The van der Waals surface area contributed by atoms with Crippen molar-refractivity contribution in [2.45, 2.75) is 58.4 Å². The van der Waals surface area contributed by atoms with Gasteiger partial charge >= 0.3 is 0 Å². The SMILES string of the molecule is Cc1cc([N+](=O)[O-])ccc1C(=O)N1CCC[C@H](C(=O)Nc2cccc(C(C)(C)C)c2)[C@@H]1C1C=CC=CC1. The van der Waals surface area contributed by atoms with E-state index in [0.29, 0.717) is 30.5 Å². The Balaban J connectivity index is 1.64. The van der Waals surface area contributed by atoms with Crippen LogP contribution in [0.25, 0.3) is 0 Å². The van der Waals surface area contributed by atoms with E-state index in [1.165, 1.54) is 18.2 Å². The number of hydrogen-bond donors (Lipinski definition) is 1. The zero-order valence-electron chi connectivity index (χ0n) is 21.9. The van der Waals surface area contributed by atoms with Crippen LogP contribution in [0.5, 0.6) is 0 Å². The van der Waals surface area contributed by atoms with Gasteiger partial charge in [-0.3, -0.25) is 19.7 Å². The molecule has 1 saturated heterocycles. The Morgan fingerprint density at radius 3 is 2.54 bits per heavy atom. The molecule has 1 aliphatic carbocycles. The first kappa shape index (κ1) is 26.3. The number of hydrogen-bond acceptors (Lipinski definition) is 4. The summed E-state index contributed by atoms with van der Waals surface area (Å²) in [6.45, 7) is 8.67. The van der Waals surface area contributed by atoms with Gasteiger partial charge in [0.15, 0.2) is 0 Å². The lowest BCUT2D eigenvalue weighted by Crippen LogP contribution is -2.55. The van der Waals surface area contributed by atoms with Crippen LogP contribution in [0.3, 0.4) is 0 Å². The summed E-state index contributed by atoms with van der Waals surface area (Å²) in [5, 5.41) is 14.3. The lowest BCUT2D eigenvalue weighted by atomic mass is 9.77. The van der Waals surface area contributed by atoms with E-state index in [0.717, 1.165) is 17.7 Å². The van der Waals surface area contributed by atoms with Gasteiger partial charge in [-0.1, -0.05) is 57.2 Å². The fraction of sp³-hybridized carbons (Fsp3) is 0.400. The van der Waals surface area contributed by atoms with Crippen LogP contribution in [0.15, 0.2) is 66.8 Å². The van der Waals surface area contributed by atoms with Gasteiger partial charge in [0.2, 0.25) is 5.91 Å². The molecule has 194 valence electrons. The van der Waals surface area contributed by atoms with Gasteiger partial charge in [0.05, 0.1) is 16.9 Å². The molecule has 1 N–H and O–H groups in total. The van der Waals surface area contributed by atoms with E-state index in [9.17, 15) is 19.7 Å². The fourth-order valence-corrected chi connectivity index (χ4v) is 5.38. The number of nitro groups is 1. The molecule has 1 heterocycles. The Bertz CT molecular complexity index is 1260. The lowest BCUT2D eigenvalue weighted by Gasteiger charge is -2.44. The van der Waals surface area contributed by atoms with Crippen LogP contribution >= 0.6 is 0 Å². The minimum atomic E-state index is -0.459. The molecular weight excluding hydrogens is 466 g/mol. The van der Waals surface area contributed by atoms with E-state index in [1.807, 2.05) is 35.3 Å².